The van der Waals surface area contributed by atoms with Gasteiger partial charge in [0, 0.05) is 32.7 Å². The van der Waals surface area contributed by atoms with E-state index in [0.29, 0.717) is 26.2 Å². The topological polar surface area (TPSA) is 70.7 Å². The average molecular weight is 367 g/mol. The van der Waals surface area contributed by atoms with Crippen molar-refractivity contribution >= 4 is 11.8 Å². The maximum Gasteiger partial charge on any atom is 0.309 e. The molecule has 2 aromatic carbocycles. The van der Waals surface area contributed by atoms with Gasteiger partial charge in [0.05, 0.1) is 12.7 Å². The first kappa shape index (κ1) is 19.1. The van der Waals surface area contributed by atoms with E-state index in [1.165, 1.54) is 0 Å². The lowest BCUT2D eigenvalue weighted by Gasteiger charge is -2.33. The molecule has 0 saturated carbocycles. The molecule has 1 fully saturated rings. The number of nitrogens with zero attached hydrogens (tertiary/aromatic N) is 1. The normalized spacial score (nSPS) is 17.3. The number of morpholine rings is 1. The molecule has 1 saturated heterocycles. The minimum atomic E-state index is -0.608. The van der Waals surface area contributed by atoms with E-state index < -0.39 is 11.8 Å². The highest BCUT2D eigenvalue weighted by molar-refractivity contribution is 6.35. The summed E-state index contributed by atoms with van der Waals surface area (Å²) in [6.45, 7) is 3.71. The van der Waals surface area contributed by atoms with Gasteiger partial charge >= 0.3 is 11.8 Å². The molecule has 0 aromatic heterocycles. The quantitative estimate of drug-likeness (QED) is 0.759. The molecule has 0 spiro atoms. The van der Waals surface area contributed by atoms with Gasteiger partial charge in [-0.15, -0.1) is 0 Å². The molecule has 0 bridgehead atoms. The van der Waals surface area contributed by atoms with Crippen LogP contribution in [0.4, 0.5) is 0 Å². The van der Waals surface area contributed by atoms with E-state index in [1.807, 2.05) is 48.5 Å². The largest absolute Gasteiger partial charge is 0.371 e. The van der Waals surface area contributed by atoms with Gasteiger partial charge in [0.15, 0.2) is 0 Å². The van der Waals surface area contributed by atoms with Gasteiger partial charge in [-0.25, -0.2) is 0 Å². The fraction of sp³-hybridized carbons (Fsp3) is 0.333. The van der Waals surface area contributed by atoms with E-state index in [2.05, 4.69) is 27.7 Å². The van der Waals surface area contributed by atoms with Crippen LogP contribution in [0, 0.1) is 0 Å². The second kappa shape index (κ2) is 9.85. The first-order valence-corrected chi connectivity index (χ1v) is 9.21. The molecule has 3 rings (SSSR count). The van der Waals surface area contributed by atoms with Crippen molar-refractivity contribution in [2.24, 2.45) is 0 Å². The van der Waals surface area contributed by atoms with Crippen LogP contribution in [0.1, 0.15) is 17.2 Å². The van der Waals surface area contributed by atoms with Gasteiger partial charge in [0.25, 0.3) is 0 Å². The molecule has 1 aliphatic heterocycles. The number of rotatable bonds is 6. The van der Waals surface area contributed by atoms with E-state index in [4.69, 9.17) is 4.74 Å². The number of hydrogen-bond donors (Lipinski definition) is 2. The van der Waals surface area contributed by atoms with Gasteiger partial charge < -0.3 is 15.4 Å². The van der Waals surface area contributed by atoms with E-state index in [1.54, 1.807) is 0 Å². The van der Waals surface area contributed by atoms with E-state index in [0.717, 1.165) is 24.2 Å². The number of amides is 2. The van der Waals surface area contributed by atoms with Crippen LogP contribution in [0.2, 0.25) is 0 Å². The lowest BCUT2D eigenvalue weighted by Crippen LogP contribution is -2.45. The summed E-state index contributed by atoms with van der Waals surface area (Å²) in [4.78, 5) is 26.0. The summed E-state index contributed by atoms with van der Waals surface area (Å²) in [6, 6.07) is 19.6. The van der Waals surface area contributed by atoms with Gasteiger partial charge in [-0.2, -0.15) is 0 Å². The molecule has 1 heterocycles. The molecule has 1 aliphatic rings. The number of nitrogens with one attached hydrogen (secondary N) is 2. The Morgan fingerprint density at radius 1 is 0.963 bits per heavy atom. The van der Waals surface area contributed by atoms with Crippen molar-refractivity contribution in [3.8, 4) is 0 Å². The fourth-order valence-electron chi connectivity index (χ4n) is 3.04. The number of carbonyl (C=O) groups excluding carboxylic acids is 2. The van der Waals surface area contributed by atoms with Crippen molar-refractivity contribution in [2.45, 2.75) is 12.6 Å². The Balaban J connectivity index is 1.37. The van der Waals surface area contributed by atoms with Gasteiger partial charge in [-0.1, -0.05) is 60.7 Å². The van der Waals surface area contributed by atoms with Gasteiger partial charge in [0.1, 0.15) is 0 Å². The molecule has 6 heteroatoms. The Morgan fingerprint density at radius 3 is 2.37 bits per heavy atom. The van der Waals surface area contributed by atoms with Crippen LogP contribution in [0.5, 0.6) is 0 Å². The zero-order valence-electron chi connectivity index (χ0n) is 15.3. The summed E-state index contributed by atoms with van der Waals surface area (Å²) in [5.74, 6) is -1.21. The molecular formula is C21H25N3O3. The van der Waals surface area contributed by atoms with Crippen LogP contribution < -0.4 is 10.6 Å². The molecular weight excluding hydrogens is 342 g/mol. The first-order chi connectivity index (χ1) is 13.2. The lowest BCUT2D eigenvalue weighted by atomic mass is 10.1. The van der Waals surface area contributed by atoms with E-state index in [9.17, 15) is 9.59 Å². The van der Waals surface area contributed by atoms with Crippen LogP contribution >= 0.6 is 0 Å². The zero-order chi connectivity index (χ0) is 18.9. The second-order valence-corrected chi connectivity index (χ2v) is 6.49. The predicted molar refractivity (Wildman–Crippen MR) is 103 cm³/mol. The highest BCUT2D eigenvalue weighted by Crippen LogP contribution is 2.21. The van der Waals surface area contributed by atoms with Crippen LogP contribution in [-0.2, 0) is 20.9 Å². The SMILES string of the molecule is O=C(NCCN1CCOC(c2ccccc2)C1)C(=O)NCc1ccccc1. The van der Waals surface area contributed by atoms with Crippen LogP contribution in [0.3, 0.4) is 0 Å². The maximum atomic E-state index is 11.9. The maximum absolute atomic E-state index is 11.9. The Kier molecular flexibility index (Phi) is 6.96. The van der Waals surface area contributed by atoms with Crippen LogP contribution in [-0.4, -0.2) is 49.5 Å². The molecule has 0 aliphatic carbocycles. The summed E-state index contributed by atoms with van der Waals surface area (Å²) in [5, 5.41) is 5.32. The molecule has 2 N–H and O–H groups in total. The van der Waals surface area contributed by atoms with Crippen LogP contribution in [0.15, 0.2) is 60.7 Å². The second-order valence-electron chi connectivity index (χ2n) is 6.49. The van der Waals surface area contributed by atoms with Crippen molar-refractivity contribution in [3.05, 3.63) is 71.8 Å². The van der Waals surface area contributed by atoms with Gasteiger partial charge in [0.2, 0.25) is 0 Å². The predicted octanol–water partition coefficient (Wildman–Crippen LogP) is 1.49. The Hall–Kier alpha value is -2.70. The molecule has 1 unspecified atom stereocenters. The fourth-order valence-corrected chi connectivity index (χ4v) is 3.04. The third kappa shape index (κ3) is 5.91. The minimum Gasteiger partial charge on any atom is -0.371 e. The highest BCUT2D eigenvalue weighted by Gasteiger charge is 2.22. The summed E-state index contributed by atoms with van der Waals surface area (Å²) >= 11 is 0. The summed E-state index contributed by atoms with van der Waals surface area (Å²) in [5.41, 5.74) is 2.12. The van der Waals surface area contributed by atoms with Crippen molar-refractivity contribution in [3.63, 3.8) is 0 Å². The van der Waals surface area contributed by atoms with Crippen molar-refractivity contribution in [2.75, 3.05) is 32.8 Å². The monoisotopic (exact) mass is 367 g/mol. The van der Waals surface area contributed by atoms with Crippen LogP contribution in [0.25, 0.3) is 0 Å². The third-order valence-electron chi connectivity index (χ3n) is 4.54. The molecule has 2 aromatic rings. The van der Waals surface area contributed by atoms with E-state index >= 15 is 0 Å². The Bertz CT molecular complexity index is 737. The molecule has 142 valence electrons. The van der Waals surface area contributed by atoms with Crippen molar-refractivity contribution in [1.82, 2.24) is 15.5 Å². The molecule has 2 amide bonds. The summed E-state index contributed by atoms with van der Waals surface area (Å²) < 4.78 is 5.84. The zero-order valence-corrected chi connectivity index (χ0v) is 15.3. The molecule has 1 atom stereocenters. The summed E-state index contributed by atoms with van der Waals surface area (Å²) in [7, 11) is 0. The smallest absolute Gasteiger partial charge is 0.309 e. The highest BCUT2D eigenvalue weighted by atomic mass is 16.5. The Labute approximate surface area is 159 Å². The Morgan fingerprint density at radius 2 is 1.63 bits per heavy atom. The number of hydrogen-bond acceptors (Lipinski definition) is 4. The van der Waals surface area contributed by atoms with Gasteiger partial charge in [-0.3, -0.25) is 14.5 Å². The molecule has 6 nitrogen and oxygen atoms in total. The van der Waals surface area contributed by atoms with Crippen molar-refractivity contribution < 1.29 is 14.3 Å². The standard InChI is InChI=1S/C21H25N3O3/c25-20(21(26)23-15-17-7-3-1-4-8-17)22-11-12-24-13-14-27-19(16-24)18-9-5-2-6-10-18/h1-10,19H,11-16H2,(H,22,25)(H,23,26). The van der Waals surface area contributed by atoms with Gasteiger partial charge in [-0.05, 0) is 11.1 Å². The number of benzene rings is 2. The summed E-state index contributed by atoms with van der Waals surface area (Å²) in [6.07, 6.45) is 0.0461. The average Bonchev–Trinajstić information content (AvgIpc) is 2.73. The van der Waals surface area contributed by atoms with Crippen molar-refractivity contribution in [1.29, 1.82) is 0 Å². The number of ether oxygens (including phenoxy) is 1. The third-order valence-corrected chi connectivity index (χ3v) is 4.54. The minimum absolute atomic E-state index is 0.0461. The number of carbonyl (C=O) groups is 2. The van der Waals surface area contributed by atoms with E-state index in [-0.39, 0.29) is 6.10 Å². The molecule has 27 heavy (non-hydrogen) atoms. The molecule has 0 radical (unpaired) electrons. The lowest BCUT2D eigenvalue weighted by molar-refractivity contribution is -0.139. The first-order valence-electron chi connectivity index (χ1n) is 9.21.